The van der Waals surface area contributed by atoms with Crippen LogP contribution >= 0.6 is 0 Å². The third-order valence-electron chi connectivity index (χ3n) is 2.20. The van der Waals surface area contributed by atoms with E-state index in [-0.39, 0.29) is 11.3 Å². The topological polar surface area (TPSA) is 54.4 Å². The number of rotatable bonds is 1. The number of hydrogen-bond donors (Lipinski definition) is 1. The predicted molar refractivity (Wildman–Crippen MR) is 51.4 cm³/mol. The monoisotopic (exact) mass is 188 g/mol. The first-order valence-corrected chi connectivity index (χ1v) is 4.25. The third-order valence-corrected chi connectivity index (χ3v) is 2.20. The Bertz CT molecular complexity index is 444. The summed E-state index contributed by atoms with van der Waals surface area (Å²) in [6.45, 7) is 0. The summed E-state index contributed by atoms with van der Waals surface area (Å²) in [5.41, 5.74) is 1.46. The Kier molecular flexibility index (Phi) is 1.93. The van der Waals surface area contributed by atoms with Gasteiger partial charge in [-0.2, -0.15) is 0 Å². The van der Waals surface area contributed by atoms with E-state index in [1.165, 1.54) is 12.1 Å². The van der Waals surface area contributed by atoms with E-state index >= 15 is 0 Å². The van der Waals surface area contributed by atoms with E-state index in [0.717, 1.165) is 5.56 Å². The Morgan fingerprint density at radius 3 is 2.86 bits per heavy atom. The Hall–Kier alpha value is -1.90. The molecule has 3 heteroatoms. The smallest absolute Gasteiger partial charge is 0.335 e. The maximum absolute atomic E-state index is 11.4. The number of fused-ring (bicyclic) bond motifs is 1. The van der Waals surface area contributed by atoms with Crippen molar-refractivity contribution < 1.29 is 14.7 Å². The Morgan fingerprint density at radius 1 is 1.36 bits per heavy atom. The second-order valence-electron chi connectivity index (χ2n) is 3.14. The quantitative estimate of drug-likeness (QED) is 0.733. The van der Waals surface area contributed by atoms with Crippen molar-refractivity contribution in [3.63, 3.8) is 0 Å². The molecule has 0 aliphatic heterocycles. The summed E-state index contributed by atoms with van der Waals surface area (Å²) >= 11 is 0. The molecule has 1 aromatic rings. The number of Topliss-reactive ketones (excluding diaryl/α,β-unsaturated/α-hetero) is 1. The summed E-state index contributed by atoms with van der Waals surface area (Å²) in [6, 6.07) is 4.60. The first-order valence-electron chi connectivity index (χ1n) is 4.25. The number of hydrogen-bond acceptors (Lipinski definition) is 2. The van der Waals surface area contributed by atoms with Gasteiger partial charge in [-0.3, -0.25) is 4.79 Å². The third kappa shape index (κ3) is 1.33. The average Bonchev–Trinajstić information content (AvgIpc) is 2.18. The number of aromatic carboxylic acids is 1. The van der Waals surface area contributed by atoms with Crippen molar-refractivity contribution in [1.82, 2.24) is 0 Å². The SMILES string of the molecule is O=C(O)c1ccc2c(c1)C(=O)CC=C2. The lowest BCUT2D eigenvalue weighted by Crippen LogP contribution is -2.07. The lowest BCUT2D eigenvalue weighted by atomic mass is 9.94. The minimum atomic E-state index is -1.00. The number of carbonyl (C=O) groups is 2. The van der Waals surface area contributed by atoms with Crippen molar-refractivity contribution in [3.05, 3.63) is 41.0 Å². The number of carboxylic acid groups (broad SMARTS) is 1. The van der Waals surface area contributed by atoms with Crippen LogP contribution in [-0.4, -0.2) is 16.9 Å². The van der Waals surface area contributed by atoms with Gasteiger partial charge in [-0.25, -0.2) is 4.79 Å². The van der Waals surface area contributed by atoms with Gasteiger partial charge in [0.2, 0.25) is 0 Å². The normalized spacial score (nSPS) is 13.9. The van der Waals surface area contributed by atoms with E-state index in [4.69, 9.17) is 5.11 Å². The van der Waals surface area contributed by atoms with Crippen molar-refractivity contribution in [1.29, 1.82) is 0 Å². The first-order chi connectivity index (χ1) is 6.68. The minimum Gasteiger partial charge on any atom is -0.478 e. The molecule has 0 bridgehead atoms. The van der Waals surface area contributed by atoms with Crippen LogP contribution in [0.1, 0.15) is 32.7 Å². The summed E-state index contributed by atoms with van der Waals surface area (Å²) in [5, 5.41) is 8.74. The van der Waals surface area contributed by atoms with Gasteiger partial charge in [0.05, 0.1) is 5.56 Å². The van der Waals surface area contributed by atoms with Crippen molar-refractivity contribution in [2.24, 2.45) is 0 Å². The molecule has 0 spiro atoms. The van der Waals surface area contributed by atoms with Gasteiger partial charge in [0.25, 0.3) is 0 Å². The van der Waals surface area contributed by atoms with Gasteiger partial charge in [0.15, 0.2) is 5.78 Å². The van der Waals surface area contributed by atoms with Crippen LogP contribution in [0.5, 0.6) is 0 Å². The molecule has 0 saturated carbocycles. The average molecular weight is 188 g/mol. The predicted octanol–water partition coefficient (Wildman–Crippen LogP) is 1.98. The van der Waals surface area contributed by atoms with E-state index in [9.17, 15) is 9.59 Å². The van der Waals surface area contributed by atoms with Gasteiger partial charge < -0.3 is 5.11 Å². The second-order valence-corrected chi connectivity index (χ2v) is 3.14. The summed E-state index contributed by atoms with van der Waals surface area (Å²) in [5.74, 6) is -1.03. The highest BCUT2D eigenvalue weighted by molar-refractivity contribution is 6.04. The maximum Gasteiger partial charge on any atom is 0.335 e. The van der Waals surface area contributed by atoms with Crippen LogP contribution in [-0.2, 0) is 0 Å². The zero-order valence-corrected chi connectivity index (χ0v) is 7.36. The summed E-state index contributed by atoms with van der Waals surface area (Å²) in [4.78, 5) is 22.1. The Morgan fingerprint density at radius 2 is 2.14 bits per heavy atom. The summed E-state index contributed by atoms with van der Waals surface area (Å²) in [7, 11) is 0. The lowest BCUT2D eigenvalue weighted by Gasteiger charge is -2.09. The molecule has 0 fully saturated rings. The molecule has 0 radical (unpaired) electrons. The molecule has 2 rings (SSSR count). The molecular weight excluding hydrogens is 180 g/mol. The van der Waals surface area contributed by atoms with Crippen LogP contribution in [0.3, 0.4) is 0 Å². The molecule has 0 amide bonds. The molecule has 1 aliphatic rings. The van der Waals surface area contributed by atoms with Gasteiger partial charge in [-0.1, -0.05) is 18.2 Å². The minimum absolute atomic E-state index is 0.0226. The number of carboxylic acids is 1. The fourth-order valence-corrected chi connectivity index (χ4v) is 1.48. The number of allylic oxidation sites excluding steroid dienone is 1. The van der Waals surface area contributed by atoms with Crippen LogP contribution in [0.4, 0.5) is 0 Å². The van der Waals surface area contributed by atoms with Crippen molar-refractivity contribution in [2.75, 3.05) is 0 Å². The summed E-state index contributed by atoms with van der Waals surface area (Å²) in [6.07, 6.45) is 3.98. The highest BCUT2D eigenvalue weighted by atomic mass is 16.4. The number of benzene rings is 1. The van der Waals surface area contributed by atoms with Gasteiger partial charge in [0, 0.05) is 12.0 Å². The van der Waals surface area contributed by atoms with Crippen LogP contribution in [0.15, 0.2) is 24.3 Å². The van der Waals surface area contributed by atoms with E-state index in [2.05, 4.69) is 0 Å². The molecule has 70 valence electrons. The highest BCUT2D eigenvalue weighted by Crippen LogP contribution is 2.20. The molecule has 0 saturated heterocycles. The van der Waals surface area contributed by atoms with Gasteiger partial charge in [0.1, 0.15) is 0 Å². The van der Waals surface area contributed by atoms with E-state index < -0.39 is 5.97 Å². The lowest BCUT2D eigenvalue weighted by molar-refractivity contribution is 0.0697. The molecule has 3 nitrogen and oxygen atoms in total. The Balaban J connectivity index is 2.57. The van der Waals surface area contributed by atoms with Gasteiger partial charge in [-0.05, 0) is 17.7 Å². The van der Waals surface area contributed by atoms with E-state index in [0.29, 0.717) is 12.0 Å². The summed E-state index contributed by atoms with van der Waals surface area (Å²) < 4.78 is 0. The number of ketones is 1. The molecule has 14 heavy (non-hydrogen) atoms. The molecule has 1 aromatic carbocycles. The van der Waals surface area contributed by atoms with Crippen molar-refractivity contribution in [2.45, 2.75) is 6.42 Å². The van der Waals surface area contributed by atoms with Crippen LogP contribution in [0, 0.1) is 0 Å². The van der Waals surface area contributed by atoms with E-state index in [1.807, 2.05) is 6.08 Å². The molecule has 0 heterocycles. The fourth-order valence-electron chi connectivity index (χ4n) is 1.48. The molecular formula is C11H8O3. The fraction of sp³-hybridized carbons (Fsp3) is 0.0909. The van der Waals surface area contributed by atoms with Crippen LogP contribution < -0.4 is 0 Å². The molecule has 0 unspecified atom stereocenters. The van der Waals surface area contributed by atoms with Crippen molar-refractivity contribution >= 4 is 17.8 Å². The van der Waals surface area contributed by atoms with Gasteiger partial charge in [-0.15, -0.1) is 0 Å². The molecule has 0 aromatic heterocycles. The maximum atomic E-state index is 11.4. The van der Waals surface area contributed by atoms with Crippen LogP contribution in [0.25, 0.3) is 6.08 Å². The second kappa shape index (κ2) is 3.10. The molecule has 1 N–H and O–H groups in total. The highest BCUT2D eigenvalue weighted by Gasteiger charge is 2.15. The molecule has 0 atom stereocenters. The number of carbonyl (C=O) groups excluding carboxylic acids is 1. The first kappa shape index (κ1) is 8.69. The standard InChI is InChI=1S/C11H8O3/c12-10-3-1-2-7-4-5-8(11(13)14)6-9(7)10/h1-2,4-6H,3H2,(H,13,14). The zero-order chi connectivity index (χ0) is 10.1. The largest absolute Gasteiger partial charge is 0.478 e. The zero-order valence-electron chi connectivity index (χ0n) is 7.36. The van der Waals surface area contributed by atoms with Crippen molar-refractivity contribution in [3.8, 4) is 0 Å². The Labute approximate surface area is 80.7 Å². The molecule has 1 aliphatic carbocycles. The van der Waals surface area contributed by atoms with Crippen LogP contribution in [0.2, 0.25) is 0 Å². The van der Waals surface area contributed by atoms with Gasteiger partial charge >= 0.3 is 5.97 Å². The van der Waals surface area contributed by atoms with E-state index in [1.54, 1.807) is 12.1 Å².